The van der Waals surface area contributed by atoms with Crippen molar-refractivity contribution in [2.24, 2.45) is 5.73 Å². The van der Waals surface area contributed by atoms with Gasteiger partial charge in [-0.25, -0.2) is 0 Å². The van der Waals surface area contributed by atoms with E-state index in [4.69, 9.17) is 10.8 Å². The second-order valence-corrected chi connectivity index (χ2v) is 4.37. The normalized spacial score (nSPS) is 11.8. The number of aromatic amines is 1. The van der Waals surface area contributed by atoms with Crippen LogP contribution in [0, 0.1) is 13.8 Å². The Hall–Kier alpha value is -1.81. The Bertz CT molecular complexity index is 573. The van der Waals surface area contributed by atoms with E-state index in [2.05, 4.69) is 4.98 Å². The molecule has 0 aliphatic carbocycles. The number of aryl methyl sites for hydroxylation is 2. The van der Waals surface area contributed by atoms with E-state index < -0.39 is 12.0 Å². The minimum Gasteiger partial charge on any atom is -0.480 e. The zero-order chi connectivity index (χ0) is 14.6. The highest BCUT2D eigenvalue weighted by Gasteiger charge is 2.17. The Balaban J connectivity index is 0.000000861. The van der Waals surface area contributed by atoms with Gasteiger partial charge in [0.1, 0.15) is 6.04 Å². The second-order valence-electron chi connectivity index (χ2n) is 4.37. The summed E-state index contributed by atoms with van der Waals surface area (Å²) in [5.74, 6) is -0.966. The number of nitrogens with two attached hydrogens (primary N) is 1. The number of carboxylic acids is 1. The van der Waals surface area contributed by atoms with Crippen molar-refractivity contribution < 1.29 is 9.90 Å². The lowest BCUT2D eigenvalue weighted by molar-refractivity contribution is -0.138. The number of H-pyrrole nitrogens is 1. The Labute approximate surface area is 113 Å². The van der Waals surface area contributed by atoms with E-state index >= 15 is 0 Å². The molecule has 0 fully saturated rings. The fourth-order valence-electron chi connectivity index (χ4n) is 2.12. The highest BCUT2D eigenvalue weighted by molar-refractivity contribution is 5.88. The van der Waals surface area contributed by atoms with Crippen molar-refractivity contribution in [3.63, 3.8) is 0 Å². The summed E-state index contributed by atoms with van der Waals surface area (Å²) < 4.78 is 0. The number of carboxylic acid groups (broad SMARTS) is 1. The lowest BCUT2D eigenvalue weighted by Crippen LogP contribution is -2.32. The van der Waals surface area contributed by atoms with Crippen molar-refractivity contribution in [2.75, 3.05) is 0 Å². The molecule has 0 radical (unpaired) electrons. The van der Waals surface area contributed by atoms with Crippen molar-refractivity contribution in [3.8, 4) is 0 Å². The third-order valence-corrected chi connectivity index (χ3v) is 3.10. The van der Waals surface area contributed by atoms with Crippen LogP contribution in [0.3, 0.4) is 0 Å². The molecule has 19 heavy (non-hydrogen) atoms. The standard InChI is InChI=1S/C13H16N2O2.C2H6/c1-7-4-3-5-9-10(6-11(14)13(16)17)8(2)15-12(7)9;1-2/h3-5,11,15H,6,14H2,1-2H3,(H,16,17);1-2H3. The van der Waals surface area contributed by atoms with Crippen LogP contribution in [0.15, 0.2) is 18.2 Å². The minimum atomic E-state index is -0.966. The summed E-state index contributed by atoms with van der Waals surface area (Å²) in [6.07, 6.45) is 0.352. The summed E-state index contributed by atoms with van der Waals surface area (Å²) in [4.78, 5) is 14.1. The highest BCUT2D eigenvalue weighted by atomic mass is 16.4. The van der Waals surface area contributed by atoms with Crippen LogP contribution < -0.4 is 5.73 Å². The van der Waals surface area contributed by atoms with E-state index in [0.29, 0.717) is 6.42 Å². The molecule has 0 spiro atoms. The molecular formula is C15H22N2O2. The summed E-state index contributed by atoms with van der Waals surface area (Å²) in [6.45, 7) is 7.97. The summed E-state index contributed by atoms with van der Waals surface area (Å²) in [6, 6.07) is 5.14. The number of aromatic nitrogens is 1. The zero-order valence-corrected chi connectivity index (χ0v) is 11.9. The molecule has 0 saturated carbocycles. The molecule has 0 amide bonds. The minimum absolute atomic E-state index is 0.352. The van der Waals surface area contributed by atoms with Gasteiger partial charge in [-0.15, -0.1) is 0 Å². The molecule has 104 valence electrons. The number of nitrogens with one attached hydrogen (secondary N) is 1. The first-order valence-corrected chi connectivity index (χ1v) is 6.56. The van der Waals surface area contributed by atoms with Gasteiger partial charge in [-0.05, 0) is 25.0 Å². The van der Waals surface area contributed by atoms with Crippen LogP contribution in [-0.4, -0.2) is 22.1 Å². The molecule has 1 unspecified atom stereocenters. The van der Waals surface area contributed by atoms with E-state index in [1.54, 1.807) is 0 Å². The molecule has 1 aromatic heterocycles. The van der Waals surface area contributed by atoms with Crippen molar-refractivity contribution in [1.82, 2.24) is 4.98 Å². The maximum atomic E-state index is 10.8. The quantitative estimate of drug-likeness (QED) is 0.795. The lowest BCUT2D eigenvalue weighted by Gasteiger charge is -2.06. The number of carbonyl (C=O) groups is 1. The van der Waals surface area contributed by atoms with Gasteiger partial charge >= 0.3 is 5.97 Å². The Morgan fingerprint density at radius 1 is 1.37 bits per heavy atom. The van der Waals surface area contributed by atoms with E-state index in [1.807, 2.05) is 45.9 Å². The Morgan fingerprint density at radius 2 is 2.00 bits per heavy atom. The van der Waals surface area contributed by atoms with Crippen molar-refractivity contribution in [3.05, 3.63) is 35.0 Å². The van der Waals surface area contributed by atoms with E-state index in [1.165, 1.54) is 0 Å². The molecule has 4 heteroatoms. The van der Waals surface area contributed by atoms with Gasteiger partial charge in [0.15, 0.2) is 0 Å². The number of hydrogen-bond donors (Lipinski definition) is 3. The average molecular weight is 262 g/mol. The number of para-hydroxylation sites is 1. The van der Waals surface area contributed by atoms with Gasteiger partial charge in [-0.3, -0.25) is 4.79 Å². The van der Waals surface area contributed by atoms with Crippen LogP contribution in [0.25, 0.3) is 10.9 Å². The predicted molar refractivity (Wildman–Crippen MR) is 78.4 cm³/mol. The van der Waals surface area contributed by atoms with Gasteiger partial charge in [0.25, 0.3) is 0 Å². The summed E-state index contributed by atoms with van der Waals surface area (Å²) in [5, 5.41) is 9.93. The monoisotopic (exact) mass is 262 g/mol. The van der Waals surface area contributed by atoms with Crippen LogP contribution in [0.4, 0.5) is 0 Å². The van der Waals surface area contributed by atoms with E-state index in [0.717, 1.165) is 27.7 Å². The van der Waals surface area contributed by atoms with Crippen LogP contribution >= 0.6 is 0 Å². The average Bonchev–Trinajstić information content (AvgIpc) is 2.70. The first kappa shape index (κ1) is 15.2. The van der Waals surface area contributed by atoms with Gasteiger partial charge in [0.2, 0.25) is 0 Å². The smallest absolute Gasteiger partial charge is 0.320 e. The van der Waals surface area contributed by atoms with Gasteiger partial charge in [-0.1, -0.05) is 32.0 Å². The Morgan fingerprint density at radius 3 is 2.58 bits per heavy atom. The van der Waals surface area contributed by atoms with Gasteiger partial charge < -0.3 is 15.8 Å². The molecule has 0 bridgehead atoms. The molecular weight excluding hydrogens is 240 g/mol. The first-order chi connectivity index (χ1) is 9.00. The lowest BCUT2D eigenvalue weighted by atomic mass is 10.0. The number of benzene rings is 1. The van der Waals surface area contributed by atoms with E-state index in [-0.39, 0.29) is 0 Å². The van der Waals surface area contributed by atoms with E-state index in [9.17, 15) is 4.79 Å². The number of hydrogen-bond acceptors (Lipinski definition) is 2. The van der Waals surface area contributed by atoms with Crippen LogP contribution in [0.1, 0.15) is 30.7 Å². The second kappa shape index (κ2) is 6.38. The summed E-state index contributed by atoms with van der Waals surface area (Å²) in [7, 11) is 0. The molecule has 2 aromatic rings. The van der Waals surface area contributed by atoms with Crippen molar-refractivity contribution in [1.29, 1.82) is 0 Å². The van der Waals surface area contributed by atoms with Crippen LogP contribution in [0.5, 0.6) is 0 Å². The molecule has 0 aliphatic rings. The summed E-state index contributed by atoms with van der Waals surface area (Å²) in [5.41, 5.74) is 9.80. The zero-order valence-electron chi connectivity index (χ0n) is 11.9. The Kier molecular flexibility index (Phi) is 5.12. The van der Waals surface area contributed by atoms with Gasteiger partial charge in [0.05, 0.1) is 0 Å². The molecule has 1 heterocycles. The topological polar surface area (TPSA) is 79.1 Å². The number of fused-ring (bicyclic) bond motifs is 1. The van der Waals surface area contributed by atoms with Gasteiger partial charge in [0, 0.05) is 23.0 Å². The fraction of sp³-hybridized carbons (Fsp3) is 0.400. The molecule has 0 saturated heterocycles. The van der Waals surface area contributed by atoms with Gasteiger partial charge in [-0.2, -0.15) is 0 Å². The van der Waals surface area contributed by atoms with Crippen LogP contribution in [0.2, 0.25) is 0 Å². The number of rotatable bonds is 3. The van der Waals surface area contributed by atoms with Crippen LogP contribution in [-0.2, 0) is 11.2 Å². The molecule has 0 aliphatic heterocycles. The largest absolute Gasteiger partial charge is 0.480 e. The van der Waals surface area contributed by atoms with Crippen molar-refractivity contribution in [2.45, 2.75) is 40.2 Å². The van der Waals surface area contributed by atoms with Crippen molar-refractivity contribution >= 4 is 16.9 Å². The first-order valence-electron chi connectivity index (χ1n) is 6.56. The maximum absolute atomic E-state index is 10.8. The fourth-order valence-corrected chi connectivity index (χ4v) is 2.12. The SMILES string of the molecule is CC.Cc1[nH]c2c(C)cccc2c1CC(N)C(=O)O. The third-order valence-electron chi connectivity index (χ3n) is 3.10. The molecule has 4 nitrogen and oxygen atoms in total. The number of aliphatic carboxylic acids is 1. The summed E-state index contributed by atoms with van der Waals surface area (Å²) >= 11 is 0. The molecule has 1 atom stereocenters. The third kappa shape index (κ3) is 3.15. The maximum Gasteiger partial charge on any atom is 0.320 e. The molecule has 1 aromatic carbocycles. The predicted octanol–water partition coefficient (Wildman–Crippen LogP) is 2.77. The molecule has 2 rings (SSSR count). The molecule has 4 N–H and O–H groups in total. The highest BCUT2D eigenvalue weighted by Crippen LogP contribution is 2.25.